The van der Waals surface area contributed by atoms with Gasteiger partial charge in [0.25, 0.3) is 0 Å². The van der Waals surface area contributed by atoms with E-state index in [2.05, 4.69) is 54.1 Å². The summed E-state index contributed by atoms with van der Waals surface area (Å²) in [6, 6.07) is 18.4. The average molecular weight is 304 g/mol. The number of aromatic nitrogens is 2. The van der Waals surface area contributed by atoms with Crippen molar-refractivity contribution in [3.8, 4) is 17.3 Å². The predicted octanol–water partition coefficient (Wildman–Crippen LogP) is 4.65. The van der Waals surface area contributed by atoms with Crippen LogP contribution in [0.25, 0.3) is 11.4 Å². The maximum absolute atomic E-state index is 5.86. The van der Waals surface area contributed by atoms with Gasteiger partial charge in [-0.05, 0) is 26.3 Å². The lowest BCUT2D eigenvalue weighted by molar-refractivity contribution is 0.293. The van der Waals surface area contributed by atoms with Gasteiger partial charge in [0.2, 0.25) is 5.88 Å². The minimum atomic E-state index is 0.505. The zero-order chi connectivity index (χ0) is 16.2. The average Bonchev–Trinajstić information content (AvgIpc) is 2.53. The van der Waals surface area contributed by atoms with Crippen LogP contribution in [-0.2, 0) is 6.61 Å². The Hall–Kier alpha value is -2.68. The summed E-state index contributed by atoms with van der Waals surface area (Å²) in [7, 11) is 0. The summed E-state index contributed by atoms with van der Waals surface area (Å²) >= 11 is 0. The van der Waals surface area contributed by atoms with Gasteiger partial charge in [0, 0.05) is 17.3 Å². The Morgan fingerprint density at radius 1 is 0.826 bits per heavy atom. The van der Waals surface area contributed by atoms with Gasteiger partial charge in [-0.25, -0.2) is 4.98 Å². The Balaban J connectivity index is 1.81. The molecule has 0 atom stereocenters. The number of ether oxygens (including phenoxy) is 1. The maximum Gasteiger partial charge on any atom is 0.217 e. The van der Waals surface area contributed by atoms with Gasteiger partial charge < -0.3 is 4.74 Å². The minimum Gasteiger partial charge on any atom is -0.473 e. The number of hydrogen-bond donors (Lipinski definition) is 0. The first-order valence-corrected chi connectivity index (χ1v) is 7.71. The molecule has 0 radical (unpaired) electrons. The van der Waals surface area contributed by atoms with E-state index in [1.165, 1.54) is 11.1 Å². The van der Waals surface area contributed by atoms with Crippen molar-refractivity contribution in [1.82, 2.24) is 9.97 Å². The zero-order valence-corrected chi connectivity index (χ0v) is 13.7. The second kappa shape index (κ2) is 6.61. The molecule has 0 saturated carbocycles. The molecule has 3 heteroatoms. The van der Waals surface area contributed by atoms with E-state index in [4.69, 9.17) is 4.74 Å². The van der Waals surface area contributed by atoms with Crippen LogP contribution in [0, 0.1) is 20.8 Å². The molecular formula is C20H20N2O. The van der Waals surface area contributed by atoms with Crippen molar-refractivity contribution in [3.05, 3.63) is 77.0 Å². The van der Waals surface area contributed by atoms with Gasteiger partial charge in [-0.1, -0.05) is 59.7 Å². The number of benzene rings is 2. The number of nitrogens with zero attached hydrogens (tertiary/aromatic N) is 2. The highest BCUT2D eigenvalue weighted by Crippen LogP contribution is 2.20. The van der Waals surface area contributed by atoms with E-state index >= 15 is 0 Å². The highest BCUT2D eigenvalue weighted by molar-refractivity contribution is 5.56. The summed E-state index contributed by atoms with van der Waals surface area (Å²) < 4.78 is 5.86. The van der Waals surface area contributed by atoms with Gasteiger partial charge in [-0.15, -0.1) is 0 Å². The molecule has 116 valence electrons. The first-order chi connectivity index (χ1) is 11.1. The van der Waals surface area contributed by atoms with E-state index in [-0.39, 0.29) is 0 Å². The molecule has 1 heterocycles. The van der Waals surface area contributed by atoms with Crippen LogP contribution in [0.5, 0.6) is 5.88 Å². The standard InChI is InChI=1S/C20H20N2O/c1-14-7-9-18(10-8-14)20-21-16(3)12-19(22-20)23-13-17-6-4-5-15(2)11-17/h4-12H,13H2,1-3H3. The molecule has 2 aromatic carbocycles. The summed E-state index contributed by atoms with van der Waals surface area (Å²) in [4.78, 5) is 9.05. The largest absolute Gasteiger partial charge is 0.473 e. The van der Waals surface area contributed by atoms with E-state index in [0.29, 0.717) is 18.3 Å². The maximum atomic E-state index is 5.86. The van der Waals surface area contributed by atoms with Gasteiger partial charge in [0.15, 0.2) is 5.82 Å². The van der Waals surface area contributed by atoms with Gasteiger partial charge in [0.05, 0.1) is 0 Å². The molecule has 0 aliphatic heterocycles. The fourth-order valence-corrected chi connectivity index (χ4v) is 2.40. The lowest BCUT2D eigenvalue weighted by atomic mass is 10.1. The van der Waals surface area contributed by atoms with Gasteiger partial charge >= 0.3 is 0 Å². The molecule has 0 spiro atoms. The molecule has 0 unspecified atom stereocenters. The number of rotatable bonds is 4. The second-order valence-electron chi connectivity index (χ2n) is 5.81. The third-order valence-corrected chi connectivity index (χ3v) is 3.61. The molecule has 3 aromatic rings. The van der Waals surface area contributed by atoms with Crippen molar-refractivity contribution in [2.45, 2.75) is 27.4 Å². The van der Waals surface area contributed by atoms with Crippen molar-refractivity contribution in [2.75, 3.05) is 0 Å². The van der Waals surface area contributed by atoms with E-state index in [1.54, 1.807) is 0 Å². The highest BCUT2D eigenvalue weighted by Gasteiger charge is 2.06. The summed E-state index contributed by atoms with van der Waals surface area (Å²) in [5.74, 6) is 1.30. The second-order valence-corrected chi connectivity index (χ2v) is 5.81. The van der Waals surface area contributed by atoms with Gasteiger partial charge in [-0.3, -0.25) is 0 Å². The van der Waals surface area contributed by atoms with E-state index in [0.717, 1.165) is 16.8 Å². The minimum absolute atomic E-state index is 0.505. The third-order valence-electron chi connectivity index (χ3n) is 3.61. The Kier molecular flexibility index (Phi) is 4.38. The molecule has 3 nitrogen and oxygen atoms in total. The van der Waals surface area contributed by atoms with Crippen LogP contribution in [0.4, 0.5) is 0 Å². The van der Waals surface area contributed by atoms with Crippen LogP contribution >= 0.6 is 0 Å². The summed E-state index contributed by atoms with van der Waals surface area (Å²) in [6.07, 6.45) is 0. The zero-order valence-electron chi connectivity index (χ0n) is 13.7. The molecule has 1 aromatic heterocycles. The fraction of sp³-hybridized carbons (Fsp3) is 0.200. The molecule has 0 fully saturated rings. The summed E-state index contributed by atoms with van der Waals surface area (Å²) in [6.45, 7) is 6.61. The fourth-order valence-electron chi connectivity index (χ4n) is 2.40. The number of aryl methyl sites for hydroxylation is 3. The van der Waals surface area contributed by atoms with Crippen molar-refractivity contribution in [1.29, 1.82) is 0 Å². The normalized spacial score (nSPS) is 10.6. The molecule has 0 N–H and O–H groups in total. The molecule has 0 saturated heterocycles. The SMILES string of the molecule is Cc1ccc(-c2nc(C)cc(OCc3cccc(C)c3)n2)cc1. The van der Waals surface area contributed by atoms with Crippen molar-refractivity contribution >= 4 is 0 Å². The van der Waals surface area contributed by atoms with Crippen LogP contribution in [0.1, 0.15) is 22.4 Å². The smallest absolute Gasteiger partial charge is 0.217 e. The first-order valence-electron chi connectivity index (χ1n) is 7.71. The quantitative estimate of drug-likeness (QED) is 0.704. The first kappa shape index (κ1) is 15.2. The Bertz CT molecular complexity index is 810. The predicted molar refractivity (Wildman–Crippen MR) is 92.5 cm³/mol. The van der Waals surface area contributed by atoms with E-state index < -0.39 is 0 Å². The molecule has 0 bridgehead atoms. The Morgan fingerprint density at radius 3 is 2.35 bits per heavy atom. The lowest BCUT2D eigenvalue weighted by Crippen LogP contribution is -2.01. The molecule has 0 amide bonds. The van der Waals surface area contributed by atoms with Crippen molar-refractivity contribution < 1.29 is 4.74 Å². The molecule has 0 aliphatic carbocycles. The van der Waals surface area contributed by atoms with Crippen LogP contribution in [0.2, 0.25) is 0 Å². The third kappa shape index (κ3) is 3.95. The van der Waals surface area contributed by atoms with Crippen LogP contribution in [0.15, 0.2) is 54.6 Å². The Labute approximate surface area is 137 Å². The lowest BCUT2D eigenvalue weighted by Gasteiger charge is -2.09. The molecular weight excluding hydrogens is 284 g/mol. The molecule has 23 heavy (non-hydrogen) atoms. The van der Waals surface area contributed by atoms with E-state index in [1.807, 2.05) is 31.2 Å². The van der Waals surface area contributed by atoms with Gasteiger partial charge in [-0.2, -0.15) is 4.98 Å². The topological polar surface area (TPSA) is 35.0 Å². The van der Waals surface area contributed by atoms with Crippen LogP contribution in [-0.4, -0.2) is 9.97 Å². The summed E-state index contributed by atoms with van der Waals surface area (Å²) in [5.41, 5.74) is 5.48. The van der Waals surface area contributed by atoms with Crippen LogP contribution < -0.4 is 4.74 Å². The van der Waals surface area contributed by atoms with E-state index in [9.17, 15) is 0 Å². The summed E-state index contributed by atoms with van der Waals surface area (Å²) in [5, 5.41) is 0. The van der Waals surface area contributed by atoms with Crippen LogP contribution in [0.3, 0.4) is 0 Å². The van der Waals surface area contributed by atoms with Crippen molar-refractivity contribution in [3.63, 3.8) is 0 Å². The monoisotopic (exact) mass is 304 g/mol. The highest BCUT2D eigenvalue weighted by atomic mass is 16.5. The number of hydrogen-bond acceptors (Lipinski definition) is 3. The molecule has 0 aliphatic rings. The van der Waals surface area contributed by atoms with Crippen molar-refractivity contribution in [2.24, 2.45) is 0 Å². The Morgan fingerprint density at radius 2 is 1.61 bits per heavy atom. The van der Waals surface area contributed by atoms with Gasteiger partial charge in [0.1, 0.15) is 6.61 Å². The molecule has 3 rings (SSSR count).